The normalized spacial score (nSPS) is 12.9. The quantitative estimate of drug-likeness (QED) is 0.335. The van der Waals surface area contributed by atoms with E-state index in [2.05, 4.69) is 37.8 Å². The van der Waals surface area contributed by atoms with Gasteiger partial charge in [0.2, 0.25) is 0 Å². The Morgan fingerprint density at radius 3 is 1.83 bits per heavy atom. The fourth-order valence-electron chi connectivity index (χ4n) is 3.10. The molecular formula is C26H27O3P. The van der Waals surface area contributed by atoms with Gasteiger partial charge in [-0.05, 0) is 61.4 Å². The van der Waals surface area contributed by atoms with Crippen molar-refractivity contribution in [3.8, 4) is 29.1 Å². The van der Waals surface area contributed by atoms with Crippen molar-refractivity contribution >= 4 is 8.38 Å². The van der Waals surface area contributed by atoms with Crippen molar-refractivity contribution in [2.75, 3.05) is 0 Å². The number of benzene rings is 3. The standard InChI is InChI=1S/C26H27O3P/c1-5-9-20(2)30(28-24-10-7-6-8-11-24)29-25-18-14-22(15-19-25)26(3,4)21-12-16-23(27)17-13-21/h6-8,10-20,27H,1-4H3. The van der Waals surface area contributed by atoms with Gasteiger partial charge in [-0.1, -0.05) is 62.2 Å². The van der Waals surface area contributed by atoms with Gasteiger partial charge in [0, 0.05) is 5.41 Å². The molecule has 0 bridgehead atoms. The van der Waals surface area contributed by atoms with Crippen molar-refractivity contribution in [1.82, 2.24) is 0 Å². The number of phenolic OH excluding ortho intramolecular Hbond substituents is 1. The first-order chi connectivity index (χ1) is 14.4. The van der Waals surface area contributed by atoms with Crippen LogP contribution in [0.25, 0.3) is 0 Å². The molecule has 0 aromatic heterocycles. The Morgan fingerprint density at radius 1 is 0.800 bits per heavy atom. The third kappa shape index (κ3) is 5.35. The van der Waals surface area contributed by atoms with Crippen molar-refractivity contribution in [3.05, 3.63) is 90.0 Å². The van der Waals surface area contributed by atoms with E-state index in [4.69, 9.17) is 9.05 Å². The molecule has 0 aliphatic rings. The predicted octanol–water partition coefficient (Wildman–Crippen LogP) is 6.90. The van der Waals surface area contributed by atoms with Crippen LogP contribution in [0.3, 0.4) is 0 Å². The second-order valence-electron chi connectivity index (χ2n) is 7.55. The lowest BCUT2D eigenvalue weighted by atomic mass is 9.78. The number of para-hydroxylation sites is 1. The molecule has 0 aliphatic carbocycles. The molecule has 30 heavy (non-hydrogen) atoms. The van der Waals surface area contributed by atoms with Gasteiger partial charge < -0.3 is 14.2 Å². The topological polar surface area (TPSA) is 38.7 Å². The van der Waals surface area contributed by atoms with Crippen LogP contribution in [-0.2, 0) is 5.41 Å². The van der Waals surface area contributed by atoms with E-state index in [0.717, 1.165) is 22.6 Å². The highest BCUT2D eigenvalue weighted by molar-refractivity contribution is 7.49. The first-order valence-corrected chi connectivity index (χ1v) is 11.2. The molecule has 0 amide bonds. The molecule has 2 atom stereocenters. The summed E-state index contributed by atoms with van der Waals surface area (Å²) in [4.78, 5) is 0. The predicted molar refractivity (Wildman–Crippen MR) is 124 cm³/mol. The number of rotatable bonds is 7. The summed E-state index contributed by atoms with van der Waals surface area (Å²) < 4.78 is 12.4. The fraction of sp³-hybridized carbons (Fsp3) is 0.231. The number of phenols is 1. The van der Waals surface area contributed by atoms with Crippen LogP contribution in [0.5, 0.6) is 17.2 Å². The summed E-state index contributed by atoms with van der Waals surface area (Å²) in [6.07, 6.45) is 0. The second kappa shape index (κ2) is 9.70. The van der Waals surface area contributed by atoms with E-state index in [0.29, 0.717) is 0 Å². The molecule has 1 N–H and O–H groups in total. The van der Waals surface area contributed by atoms with Gasteiger partial charge in [0.15, 0.2) is 0 Å². The molecule has 4 heteroatoms. The summed E-state index contributed by atoms with van der Waals surface area (Å²) >= 11 is 0. The highest BCUT2D eigenvalue weighted by Gasteiger charge is 2.25. The van der Waals surface area contributed by atoms with Crippen LogP contribution in [0.15, 0.2) is 78.9 Å². The van der Waals surface area contributed by atoms with Crippen LogP contribution in [0, 0.1) is 11.8 Å². The van der Waals surface area contributed by atoms with Gasteiger partial charge in [-0.25, -0.2) is 0 Å². The SMILES string of the molecule is CC#CC(C)P(Oc1ccccc1)Oc1ccc(C(C)(C)c2ccc(O)cc2)cc1. The molecular weight excluding hydrogens is 391 g/mol. The van der Waals surface area contributed by atoms with Crippen molar-refractivity contribution in [2.24, 2.45) is 0 Å². The maximum Gasteiger partial charge on any atom is 0.306 e. The summed E-state index contributed by atoms with van der Waals surface area (Å²) in [5, 5.41) is 9.57. The molecule has 3 rings (SSSR count). The minimum atomic E-state index is -1.27. The van der Waals surface area contributed by atoms with Crippen LogP contribution in [0.2, 0.25) is 0 Å². The molecule has 2 unspecified atom stereocenters. The molecule has 0 saturated heterocycles. The van der Waals surface area contributed by atoms with E-state index >= 15 is 0 Å². The Hall–Kier alpha value is -2.95. The van der Waals surface area contributed by atoms with Gasteiger partial charge in [0.05, 0.1) is 0 Å². The van der Waals surface area contributed by atoms with Crippen molar-refractivity contribution in [1.29, 1.82) is 0 Å². The zero-order valence-electron chi connectivity index (χ0n) is 17.8. The lowest BCUT2D eigenvalue weighted by Crippen LogP contribution is -2.18. The monoisotopic (exact) mass is 418 g/mol. The highest BCUT2D eigenvalue weighted by Crippen LogP contribution is 2.45. The smallest absolute Gasteiger partial charge is 0.306 e. The summed E-state index contributed by atoms with van der Waals surface area (Å²) in [5.41, 5.74) is 2.07. The van der Waals surface area contributed by atoms with Crippen LogP contribution in [0.4, 0.5) is 0 Å². The van der Waals surface area contributed by atoms with Crippen molar-refractivity contribution in [2.45, 2.75) is 38.8 Å². The summed E-state index contributed by atoms with van der Waals surface area (Å²) in [5.74, 6) is 7.92. The summed E-state index contributed by atoms with van der Waals surface area (Å²) in [6.45, 7) is 8.18. The first kappa shape index (κ1) is 21.8. The van der Waals surface area contributed by atoms with Gasteiger partial charge in [-0.3, -0.25) is 0 Å². The molecule has 0 saturated carbocycles. The van der Waals surface area contributed by atoms with Crippen molar-refractivity contribution < 1.29 is 14.2 Å². The Labute approximate surface area is 180 Å². The van der Waals surface area contributed by atoms with E-state index in [1.807, 2.05) is 68.4 Å². The second-order valence-corrected chi connectivity index (χ2v) is 9.26. The molecule has 3 nitrogen and oxygen atoms in total. The minimum absolute atomic E-state index is 0.0293. The average Bonchev–Trinajstić information content (AvgIpc) is 2.75. The van der Waals surface area contributed by atoms with Gasteiger partial charge in [0.25, 0.3) is 0 Å². The third-order valence-corrected chi connectivity index (χ3v) is 6.51. The van der Waals surface area contributed by atoms with Crippen LogP contribution >= 0.6 is 8.38 Å². The molecule has 0 aliphatic heterocycles. The summed E-state index contributed by atoms with van der Waals surface area (Å²) in [7, 11) is -1.27. The Morgan fingerprint density at radius 2 is 1.30 bits per heavy atom. The average molecular weight is 418 g/mol. The highest BCUT2D eigenvalue weighted by atomic mass is 31.2. The molecule has 154 valence electrons. The van der Waals surface area contributed by atoms with Gasteiger partial charge in [-0.15, -0.1) is 5.92 Å². The van der Waals surface area contributed by atoms with E-state index in [1.165, 1.54) is 0 Å². The van der Waals surface area contributed by atoms with Crippen molar-refractivity contribution in [3.63, 3.8) is 0 Å². The Bertz CT molecular complexity index is 1000. The van der Waals surface area contributed by atoms with Crippen LogP contribution in [-0.4, -0.2) is 10.8 Å². The van der Waals surface area contributed by atoms with E-state index in [9.17, 15) is 5.11 Å². The minimum Gasteiger partial charge on any atom is -0.508 e. The lowest BCUT2D eigenvalue weighted by Gasteiger charge is -2.27. The van der Waals surface area contributed by atoms with E-state index < -0.39 is 8.38 Å². The Balaban J connectivity index is 1.79. The van der Waals surface area contributed by atoms with E-state index in [1.54, 1.807) is 12.1 Å². The molecule has 0 radical (unpaired) electrons. The zero-order valence-corrected chi connectivity index (χ0v) is 18.7. The van der Waals surface area contributed by atoms with Crippen LogP contribution in [0.1, 0.15) is 38.8 Å². The first-order valence-electron chi connectivity index (χ1n) is 9.92. The summed E-state index contributed by atoms with van der Waals surface area (Å²) in [6, 6.07) is 25.2. The number of hydrogen-bond acceptors (Lipinski definition) is 3. The maximum atomic E-state index is 9.57. The van der Waals surface area contributed by atoms with Gasteiger partial charge in [0.1, 0.15) is 22.9 Å². The Kier molecular flexibility index (Phi) is 7.03. The number of hydrogen-bond donors (Lipinski definition) is 1. The van der Waals surface area contributed by atoms with Crippen LogP contribution < -0.4 is 9.05 Å². The molecule has 0 fully saturated rings. The molecule has 3 aromatic rings. The largest absolute Gasteiger partial charge is 0.508 e. The fourth-order valence-corrected chi connectivity index (χ4v) is 4.35. The zero-order chi connectivity index (χ0) is 21.6. The molecule has 0 spiro atoms. The van der Waals surface area contributed by atoms with Gasteiger partial charge in [-0.2, -0.15) is 0 Å². The van der Waals surface area contributed by atoms with E-state index in [-0.39, 0.29) is 16.8 Å². The lowest BCUT2D eigenvalue weighted by molar-refractivity contribution is 0.474. The maximum absolute atomic E-state index is 9.57. The van der Waals surface area contributed by atoms with Gasteiger partial charge >= 0.3 is 8.38 Å². The molecule has 0 heterocycles. The molecule has 3 aromatic carbocycles. The number of aromatic hydroxyl groups is 1. The third-order valence-electron chi connectivity index (χ3n) is 4.97.